The van der Waals surface area contributed by atoms with Crippen molar-refractivity contribution in [2.75, 3.05) is 18.5 Å². The number of benzene rings is 1. The molecule has 1 saturated heterocycles. The lowest BCUT2D eigenvalue weighted by Gasteiger charge is -2.22. The molecule has 0 bridgehead atoms. The molecule has 1 aliphatic rings. The van der Waals surface area contributed by atoms with Crippen molar-refractivity contribution < 1.29 is 4.79 Å². The highest BCUT2D eigenvalue weighted by atomic mass is 16.2. The van der Waals surface area contributed by atoms with Crippen molar-refractivity contribution >= 4 is 11.6 Å². The van der Waals surface area contributed by atoms with E-state index in [-0.39, 0.29) is 11.9 Å². The standard InChI is InChI=1S/C13H18N2O/c1-10(14-2)11-6-3-4-7-12(11)15-9-5-8-13(15)16/h3-4,6-7,10,14H,5,8-9H2,1-2H3. The number of carbonyl (C=O) groups excluding carboxylic acids is 1. The van der Waals surface area contributed by atoms with Crippen LogP contribution in [0.4, 0.5) is 5.69 Å². The second-order valence-corrected chi connectivity index (χ2v) is 4.22. The van der Waals surface area contributed by atoms with Crippen LogP contribution in [0.5, 0.6) is 0 Å². The first-order valence-corrected chi connectivity index (χ1v) is 5.80. The van der Waals surface area contributed by atoms with E-state index in [2.05, 4.69) is 18.3 Å². The van der Waals surface area contributed by atoms with Gasteiger partial charge < -0.3 is 10.2 Å². The molecule has 0 spiro atoms. The Balaban J connectivity index is 2.36. The zero-order valence-corrected chi connectivity index (χ0v) is 9.86. The van der Waals surface area contributed by atoms with Crippen LogP contribution in [0.2, 0.25) is 0 Å². The van der Waals surface area contributed by atoms with E-state index in [1.807, 2.05) is 30.1 Å². The molecule has 3 heteroatoms. The van der Waals surface area contributed by atoms with Crippen molar-refractivity contribution in [1.82, 2.24) is 5.32 Å². The fraction of sp³-hybridized carbons (Fsp3) is 0.462. The molecule has 1 heterocycles. The lowest BCUT2D eigenvalue weighted by atomic mass is 10.1. The Morgan fingerprint density at radius 1 is 1.38 bits per heavy atom. The summed E-state index contributed by atoms with van der Waals surface area (Å²) in [6, 6.07) is 8.40. The van der Waals surface area contributed by atoms with Crippen molar-refractivity contribution in [2.45, 2.75) is 25.8 Å². The number of para-hydroxylation sites is 1. The second kappa shape index (κ2) is 4.66. The number of nitrogens with one attached hydrogen (secondary N) is 1. The Bertz CT molecular complexity index is 389. The summed E-state index contributed by atoms with van der Waals surface area (Å²) in [4.78, 5) is 13.6. The molecule has 1 unspecified atom stereocenters. The zero-order valence-electron chi connectivity index (χ0n) is 9.86. The quantitative estimate of drug-likeness (QED) is 0.842. The topological polar surface area (TPSA) is 32.3 Å². The molecule has 0 aliphatic carbocycles. The van der Waals surface area contributed by atoms with E-state index in [4.69, 9.17) is 0 Å². The van der Waals surface area contributed by atoms with Gasteiger partial charge in [0.1, 0.15) is 0 Å². The molecular weight excluding hydrogens is 200 g/mol. The molecular formula is C13H18N2O. The fourth-order valence-corrected chi connectivity index (χ4v) is 2.16. The molecule has 1 aliphatic heterocycles. The van der Waals surface area contributed by atoms with Crippen LogP contribution in [0.15, 0.2) is 24.3 Å². The smallest absolute Gasteiger partial charge is 0.227 e. The van der Waals surface area contributed by atoms with Gasteiger partial charge in [-0.3, -0.25) is 4.79 Å². The van der Waals surface area contributed by atoms with Crippen LogP contribution in [0.25, 0.3) is 0 Å². The SMILES string of the molecule is CNC(C)c1ccccc1N1CCCC1=O. The third kappa shape index (κ3) is 1.95. The van der Waals surface area contributed by atoms with E-state index in [1.165, 1.54) is 5.56 Å². The molecule has 16 heavy (non-hydrogen) atoms. The van der Waals surface area contributed by atoms with Gasteiger partial charge in [0.05, 0.1) is 0 Å². The average Bonchev–Trinajstić information content (AvgIpc) is 2.74. The van der Waals surface area contributed by atoms with E-state index in [0.29, 0.717) is 6.42 Å². The number of carbonyl (C=O) groups is 1. The van der Waals surface area contributed by atoms with Crippen LogP contribution in [0, 0.1) is 0 Å². The maximum absolute atomic E-state index is 11.7. The van der Waals surface area contributed by atoms with Gasteiger partial charge in [-0.2, -0.15) is 0 Å². The maximum atomic E-state index is 11.7. The van der Waals surface area contributed by atoms with Crippen LogP contribution < -0.4 is 10.2 Å². The number of hydrogen-bond donors (Lipinski definition) is 1. The van der Waals surface area contributed by atoms with E-state index in [0.717, 1.165) is 18.7 Å². The number of hydrogen-bond acceptors (Lipinski definition) is 2. The molecule has 1 N–H and O–H groups in total. The van der Waals surface area contributed by atoms with Gasteiger partial charge in [-0.25, -0.2) is 0 Å². The molecule has 86 valence electrons. The first-order valence-electron chi connectivity index (χ1n) is 5.80. The van der Waals surface area contributed by atoms with E-state index in [9.17, 15) is 4.79 Å². The summed E-state index contributed by atoms with van der Waals surface area (Å²) in [6.07, 6.45) is 1.66. The van der Waals surface area contributed by atoms with Crippen LogP contribution in [-0.4, -0.2) is 19.5 Å². The summed E-state index contributed by atoms with van der Waals surface area (Å²) in [6.45, 7) is 2.96. The van der Waals surface area contributed by atoms with Crippen molar-refractivity contribution in [1.29, 1.82) is 0 Å². The number of nitrogens with zero attached hydrogens (tertiary/aromatic N) is 1. The normalized spacial score (nSPS) is 17.9. The average molecular weight is 218 g/mol. The summed E-state index contributed by atoms with van der Waals surface area (Å²) < 4.78 is 0. The van der Waals surface area contributed by atoms with Crippen LogP contribution in [0.1, 0.15) is 31.4 Å². The number of anilines is 1. The highest BCUT2D eigenvalue weighted by Gasteiger charge is 2.24. The Kier molecular flexibility index (Phi) is 3.25. The highest BCUT2D eigenvalue weighted by Crippen LogP contribution is 2.29. The summed E-state index contributed by atoms with van der Waals surface area (Å²) >= 11 is 0. The van der Waals surface area contributed by atoms with Gasteiger partial charge in [-0.1, -0.05) is 18.2 Å². The summed E-state index contributed by atoms with van der Waals surface area (Å²) in [5, 5.41) is 3.22. The predicted molar refractivity (Wildman–Crippen MR) is 65.5 cm³/mol. The Morgan fingerprint density at radius 2 is 2.12 bits per heavy atom. The first kappa shape index (κ1) is 11.1. The molecule has 1 aromatic rings. The monoisotopic (exact) mass is 218 g/mol. The Morgan fingerprint density at radius 3 is 2.75 bits per heavy atom. The fourth-order valence-electron chi connectivity index (χ4n) is 2.16. The number of amides is 1. The molecule has 1 fully saturated rings. The molecule has 3 nitrogen and oxygen atoms in total. The minimum atomic E-state index is 0.246. The minimum absolute atomic E-state index is 0.246. The molecule has 1 atom stereocenters. The van der Waals surface area contributed by atoms with Crippen LogP contribution in [0.3, 0.4) is 0 Å². The van der Waals surface area contributed by atoms with Gasteiger partial charge in [0, 0.05) is 24.7 Å². The summed E-state index contributed by atoms with van der Waals surface area (Å²) in [5.41, 5.74) is 2.26. The van der Waals surface area contributed by atoms with E-state index in [1.54, 1.807) is 0 Å². The second-order valence-electron chi connectivity index (χ2n) is 4.22. The van der Waals surface area contributed by atoms with Crippen LogP contribution in [-0.2, 0) is 4.79 Å². The summed E-state index contributed by atoms with van der Waals surface area (Å²) in [5.74, 6) is 0.246. The van der Waals surface area contributed by atoms with Gasteiger partial charge in [0.25, 0.3) is 0 Å². The van der Waals surface area contributed by atoms with Gasteiger partial charge in [0.15, 0.2) is 0 Å². The van der Waals surface area contributed by atoms with E-state index >= 15 is 0 Å². The van der Waals surface area contributed by atoms with Gasteiger partial charge in [0.2, 0.25) is 5.91 Å². The van der Waals surface area contributed by atoms with Crippen molar-refractivity contribution in [3.8, 4) is 0 Å². The largest absolute Gasteiger partial charge is 0.313 e. The molecule has 0 aromatic heterocycles. The van der Waals surface area contributed by atoms with Crippen LogP contribution >= 0.6 is 0 Å². The Labute approximate surface area is 96.5 Å². The molecule has 0 saturated carbocycles. The van der Waals surface area contributed by atoms with Crippen molar-refractivity contribution in [3.05, 3.63) is 29.8 Å². The first-order chi connectivity index (χ1) is 7.74. The highest BCUT2D eigenvalue weighted by molar-refractivity contribution is 5.96. The van der Waals surface area contributed by atoms with Crippen molar-refractivity contribution in [3.63, 3.8) is 0 Å². The van der Waals surface area contributed by atoms with Gasteiger partial charge in [-0.05, 0) is 32.0 Å². The third-order valence-electron chi connectivity index (χ3n) is 3.20. The predicted octanol–water partition coefficient (Wildman–Crippen LogP) is 2.09. The molecule has 0 radical (unpaired) electrons. The lowest BCUT2D eigenvalue weighted by Crippen LogP contribution is -2.26. The molecule has 1 amide bonds. The van der Waals surface area contributed by atoms with Gasteiger partial charge in [-0.15, -0.1) is 0 Å². The zero-order chi connectivity index (χ0) is 11.5. The minimum Gasteiger partial charge on any atom is -0.313 e. The summed E-state index contributed by atoms with van der Waals surface area (Å²) in [7, 11) is 1.94. The van der Waals surface area contributed by atoms with Crippen molar-refractivity contribution in [2.24, 2.45) is 0 Å². The van der Waals surface area contributed by atoms with E-state index < -0.39 is 0 Å². The lowest BCUT2D eigenvalue weighted by molar-refractivity contribution is -0.117. The number of rotatable bonds is 3. The third-order valence-corrected chi connectivity index (χ3v) is 3.20. The Hall–Kier alpha value is -1.35. The van der Waals surface area contributed by atoms with Gasteiger partial charge >= 0.3 is 0 Å². The maximum Gasteiger partial charge on any atom is 0.227 e. The molecule has 1 aromatic carbocycles. The molecule has 2 rings (SSSR count).